The fourth-order valence-electron chi connectivity index (χ4n) is 2.43. The number of nitrogens with zero attached hydrogens (tertiary/aromatic N) is 1. The summed E-state index contributed by atoms with van der Waals surface area (Å²) in [7, 11) is 0. The van der Waals surface area contributed by atoms with E-state index in [1.165, 1.54) is 11.0 Å². The first-order valence-corrected chi connectivity index (χ1v) is 6.71. The van der Waals surface area contributed by atoms with Crippen LogP contribution in [0.4, 0.5) is 0 Å². The van der Waals surface area contributed by atoms with Crippen LogP contribution in [0.2, 0.25) is 0 Å². The first-order valence-electron chi connectivity index (χ1n) is 6.71. The third kappa shape index (κ3) is 2.65. The van der Waals surface area contributed by atoms with Crippen molar-refractivity contribution >= 4 is 22.8 Å². The highest BCUT2D eigenvalue weighted by molar-refractivity contribution is 6.06. The van der Waals surface area contributed by atoms with Gasteiger partial charge in [-0.25, -0.2) is 0 Å². The minimum absolute atomic E-state index is 0.0355. The molecule has 0 bridgehead atoms. The van der Waals surface area contributed by atoms with Crippen LogP contribution in [0.25, 0.3) is 10.9 Å². The average Bonchev–Trinajstić information content (AvgIpc) is 3.27. The highest BCUT2D eigenvalue weighted by Gasteiger charge is 2.35. The second-order valence-electron chi connectivity index (χ2n) is 5.15. The number of carboxylic acid groups (broad SMARTS) is 1. The van der Waals surface area contributed by atoms with Crippen molar-refractivity contribution in [3.8, 4) is 0 Å². The Kier molecular flexibility index (Phi) is 3.21. The van der Waals surface area contributed by atoms with Gasteiger partial charge in [-0.15, -0.1) is 0 Å². The molecule has 0 saturated heterocycles. The number of hydrogen-bond donors (Lipinski definition) is 2. The van der Waals surface area contributed by atoms with E-state index in [9.17, 15) is 14.4 Å². The summed E-state index contributed by atoms with van der Waals surface area (Å²) in [6.45, 7) is -0.343. The van der Waals surface area contributed by atoms with Crippen molar-refractivity contribution in [1.29, 1.82) is 0 Å². The van der Waals surface area contributed by atoms with E-state index in [1.807, 2.05) is 0 Å². The van der Waals surface area contributed by atoms with Crippen LogP contribution in [0.1, 0.15) is 23.2 Å². The number of rotatable bonds is 4. The van der Waals surface area contributed by atoms with Crippen LogP contribution in [-0.4, -0.2) is 39.5 Å². The number of hydrogen-bond acceptors (Lipinski definition) is 3. The Bertz CT molecular complexity index is 777. The number of para-hydroxylation sites is 1. The van der Waals surface area contributed by atoms with Crippen LogP contribution >= 0.6 is 0 Å². The molecule has 2 N–H and O–H groups in total. The summed E-state index contributed by atoms with van der Waals surface area (Å²) in [5.74, 6) is -1.45. The molecule has 1 heterocycles. The van der Waals surface area contributed by atoms with Crippen molar-refractivity contribution in [3.05, 3.63) is 46.2 Å². The van der Waals surface area contributed by atoms with Crippen LogP contribution in [0.3, 0.4) is 0 Å². The van der Waals surface area contributed by atoms with Gasteiger partial charge < -0.3 is 15.0 Å². The van der Waals surface area contributed by atoms with Gasteiger partial charge in [0.15, 0.2) is 0 Å². The molecular formula is C15H14N2O4. The Hall–Kier alpha value is -2.63. The normalized spacial score (nSPS) is 14.1. The molecule has 6 heteroatoms. The minimum atomic E-state index is -1.05. The van der Waals surface area contributed by atoms with Crippen LogP contribution < -0.4 is 5.56 Å². The summed E-state index contributed by atoms with van der Waals surface area (Å²) in [6.07, 6.45) is 1.61. The fourth-order valence-corrected chi connectivity index (χ4v) is 2.43. The lowest BCUT2D eigenvalue weighted by Gasteiger charge is -2.20. The zero-order chi connectivity index (χ0) is 15.0. The summed E-state index contributed by atoms with van der Waals surface area (Å²) >= 11 is 0. The maximum Gasteiger partial charge on any atom is 0.323 e. The number of fused-ring (bicyclic) bond motifs is 1. The molecule has 1 saturated carbocycles. The Labute approximate surface area is 120 Å². The lowest BCUT2D eigenvalue weighted by molar-refractivity contribution is -0.137. The number of aromatic amines is 1. The van der Waals surface area contributed by atoms with Crippen LogP contribution in [0, 0.1) is 0 Å². The number of H-pyrrole nitrogens is 1. The third-order valence-electron chi connectivity index (χ3n) is 3.54. The number of benzene rings is 1. The Morgan fingerprint density at radius 1 is 1.29 bits per heavy atom. The van der Waals surface area contributed by atoms with E-state index < -0.39 is 11.9 Å². The first-order chi connectivity index (χ1) is 10.1. The molecular weight excluding hydrogens is 272 g/mol. The average molecular weight is 286 g/mol. The zero-order valence-corrected chi connectivity index (χ0v) is 11.2. The lowest BCUT2D eigenvalue weighted by atomic mass is 10.1. The number of aliphatic carboxylic acids is 1. The minimum Gasteiger partial charge on any atom is -0.480 e. The van der Waals surface area contributed by atoms with Gasteiger partial charge in [-0.3, -0.25) is 14.4 Å². The highest BCUT2D eigenvalue weighted by Crippen LogP contribution is 2.29. The molecule has 0 spiro atoms. The van der Waals surface area contributed by atoms with Gasteiger partial charge in [-0.05, 0) is 18.9 Å². The highest BCUT2D eigenvalue weighted by atomic mass is 16.4. The van der Waals surface area contributed by atoms with Gasteiger partial charge >= 0.3 is 5.97 Å². The quantitative estimate of drug-likeness (QED) is 0.884. The van der Waals surface area contributed by atoms with Crippen molar-refractivity contribution in [3.63, 3.8) is 0 Å². The van der Waals surface area contributed by atoms with Gasteiger partial charge in [0.05, 0.1) is 5.56 Å². The van der Waals surface area contributed by atoms with E-state index in [4.69, 9.17) is 5.11 Å². The van der Waals surface area contributed by atoms with Gasteiger partial charge in [0.1, 0.15) is 6.54 Å². The van der Waals surface area contributed by atoms with Crippen molar-refractivity contribution in [2.24, 2.45) is 0 Å². The second-order valence-corrected chi connectivity index (χ2v) is 5.15. The molecule has 3 rings (SSSR count). The Morgan fingerprint density at radius 2 is 2.00 bits per heavy atom. The molecule has 21 heavy (non-hydrogen) atoms. The third-order valence-corrected chi connectivity index (χ3v) is 3.54. The fraction of sp³-hybridized carbons (Fsp3) is 0.267. The summed E-state index contributed by atoms with van der Waals surface area (Å²) in [5, 5.41) is 9.59. The van der Waals surface area contributed by atoms with Crippen molar-refractivity contribution < 1.29 is 14.7 Å². The molecule has 1 aromatic carbocycles. The molecule has 0 atom stereocenters. The number of amides is 1. The summed E-state index contributed by atoms with van der Waals surface area (Å²) in [6, 6.07) is 8.20. The van der Waals surface area contributed by atoms with E-state index in [-0.39, 0.29) is 23.7 Å². The van der Waals surface area contributed by atoms with Gasteiger partial charge in [-0.2, -0.15) is 0 Å². The van der Waals surface area contributed by atoms with Crippen LogP contribution in [-0.2, 0) is 4.79 Å². The van der Waals surface area contributed by atoms with Crippen molar-refractivity contribution in [2.75, 3.05) is 6.54 Å². The monoisotopic (exact) mass is 286 g/mol. The molecule has 1 fully saturated rings. The molecule has 0 unspecified atom stereocenters. The Balaban J connectivity index is 2.08. The molecule has 1 aliphatic carbocycles. The molecule has 2 aromatic rings. The zero-order valence-electron chi connectivity index (χ0n) is 11.2. The standard InChI is InChI=1S/C15H14N2O4/c18-13-7-11(10-3-1-2-4-12(10)16-13)15(21)17(8-14(19)20)9-5-6-9/h1-4,7,9H,5-6,8H2,(H,16,18)(H,19,20). The Morgan fingerprint density at radius 3 is 2.67 bits per heavy atom. The molecule has 6 nitrogen and oxygen atoms in total. The van der Waals surface area contributed by atoms with Gasteiger partial charge in [0.2, 0.25) is 5.56 Å². The van der Waals surface area contributed by atoms with Crippen molar-refractivity contribution in [1.82, 2.24) is 9.88 Å². The number of carbonyl (C=O) groups excluding carboxylic acids is 1. The van der Waals surface area contributed by atoms with E-state index in [2.05, 4.69) is 4.98 Å². The lowest BCUT2D eigenvalue weighted by Crippen LogP contribution is -2.38. The van der Waals surface area contributed by atoms with E-state index in [0.717, 1.165) is 12.8 Å². The molecule has 108 valence electrons. The number of pyridine rings is 1. The van der Waals surface area contributed by atoms with E-state index >= 15 is 0 Å². The predicted molar refractivity (Wildman–Crippen MR) is 76.3 cm³/mol. The molecule has 1 amide bonds. The molecule has 1 aromatic heterocycles. The van der Waals surface area contributed by atoms with Gasteiger partial charge in [-0.1, -0.05) is 18.2 Å². The topological polar surface area (TPSA) is 90.5 Å². The molecule has 0 radical (unpaired) electrons. The molecule has 1 aliphatic rings. The summed E-state index contributed by atoms with van der Waals surface area (Å²) in [4.78, 5) is 39.3. The van der Waals surface area contributed by atoms with Crippen LogP contribution in [0.15, 0.2) is 35.1 Å². The van der Waals surface area contributed by atoms with Gasteiger partial charge in [0, 0.05) is 23.0 Å². The summed E-state index contributed by atoms with van der Waals surface area (Å²) in [5.41, 5.74) is 0.449. The summed E-state index contributed by atoms with van der Waals surface area (Å²) < 4.78 is 0. The number of aromatic nitrogens is 1. The first kappa shape index (κ1) is 13.4. The number of carboxylic acids is 1. The SMILES string of the molecule is O=C(O)CN(C(=O)c1cc(=O)[nH]c2ccccc12)C1CC1. The van der Waals surface area contributed by atoms with E-state index in [1.54, 1.807) is 24.3 Å². The maximum atomic E-state index is 12.6. The predicted octanol–water partition coefficient (Wildman–Crippen LogP) is 1.22. The largest absolute Gasteiger partial charge is 0.480 e. The maximum absolute atomic E-state index is 12.6. The van der Waals surface area contributed by atoms with Crippen molar-refractivity contribution in [2.45, 2.75) is 18.9 Å². The number of carbonyl (C=O) groups is 2. The smallest absolute Gasteiger partial charge is 0.323 e. The van der Waals surface area contributed by atoms with Gasteiger partial charge in [0.25, 0.3) is 5.91 Å². The second kappa shape index (κ2) is 5.05. The van der Waals surface area contributed by atoms with E-state index in [0.29, 0.717) is 10.9 Å². The van der Waals surface area contributed by atoms with Crippen LogP contribution in [0.5, 0.6) is 0 Å². The molecule has 0 aliphatic heterocycles. The number of nitrogens with one attached hydrogen (secondary N) is 1.